The SMILES string of the molecule is ION1CCCCC1. The maximum absolute atomic E-state index is 4.99. The van der Waals surface area contributed by atoms with E-state index in [1.165, 1.54) is 19.3 Å². The van der Waals surface area contributed by atoms with Crippen LogP contribution < -0.4 is 0 Å². The van der Waals surface area contributed by atoms with Crippen molar-refractivity contribution in [1.29, 1.82) is 0 Å². The first kappa shape index (κ1) is 6.77. The van der Waals surface area contributed by atoms with E-state index in [9.17, 15) is 0 Å². The lowest BCUT2D eigenvalue weighted by Crippen LogP contribution is -2.26. The normalized spacial score (nSPS) is 23.6. The van der Waals surface area contributed by atoms with Crippen LogP contribution in [0.3, 0.4) is 0 Å². The molecule has 0 saturated carbocycles. The molecule has 1 fully saturated rings. The zero-order valence-corrected chi connectivity index (χ0v) is 6.93. The van der Waals surface area contributed by atoms with E-state index in [2.05, 4.69) is 0 Å². The van der Waals surface area contributed by atoms with Crippen LogP contribution in [0.2, 0.25) is 0 Å². The second kappa shape index (κ2) is 3.63. The van der Waals surface area contributed by atoms with Crippen molar-refractivity contribution in [3.8, 4) is 0 Å². The number of rotatable bonds is 1. The maximum Gasteiger partial charge on any atom is 0.137 e. The fourth-order valence-corrected chi connectivity index (χ4v) is 1.33. The zero-order valence-electron chi connectivity index (χ0n) is 4.77. The summed E-state index contributed by atoms with van der Waals surface area (Å²) in [7, 11) is 0. The molecule has 1 saturated heterocycles. The van der Waals surface area contributed by atoms with Crippen molar-refractivity contribution in [2.45, 2.75) is 19.3 Å². The Morgan fingerprint density at radius 3 is 2.12 bits per heavy atom. The number of hydrogen-bond donors (Lipinski definition) is 0. The highest BCUT2D eigenvalue weighted by Crippen LogP contribution is 2.10. The first-order valence-corrected chi connectivity index (χ1v) is 3.85. The molecule has 1 heterocycles. The molecule has 0 aromatic heterocycles. The van der Waals surface area contributed by atoms with Gasteiger partial charge < -0.3 is 0 Å². The van der Waals surface area contributed by atoms with Crippen LogP contribution in [0.15, 0.2) is 0 Å². The van der Waals surface area contributed by atoms with E-state index in [0.717, 1.165) is 13.1 Å². The Morgan fingerprint density at radius 1 is 1.12 bits per heavy atom. The van der Waals surface area contributed by atoms with E-state index < -0.39 is 0 Å². The lowest BCUT2D eigenvalue weighted by molar-refractivity contribution is -0.0268. The summed E-state index contributed by atoms with van der Waals surface area (Å²) in [6, 6.07) is 0. The number of piperidine rings is 1. The van der Waals surface area contributed by atoms with E-state index in [0.29, 0.717) is 0 Å². The minimum atomic E-state index is 1.11. The van der Waals surface area contributed by atoms with Gasteiger partial charge in [-0.2, -0.15) is 5.06 Å². The molecule has 0 aliphatic carbocycles. The molecule has 0 unspecified atom stereocenters. The van der Waals surface area contributed by atoms with Gasteiger partial charge in [0.2, 0.25) is 0 Å². The van der Waals surface area contributed by atoms with Crippen molar-refractivity contribution < 1.29 is 3.17 Å². The van der Waals surface area contributed by atoms with Gasteiger partial charge in [-0.05, 0) is 12.8 Å². The lowest BCUT2D eigenvalue weighted by Gasteiger charge is -2.21. The van der Waals surface area contributed by atoms with Gasteiger partial charge in [0.15, 0.2) is 0 Å². The van der Waals surface area contributed by atoms with Crippen LogP contribution in [0, 0.1) is 0 Å². The summed E-state index contributed by atoms with van der Waals surface area (Å²) in [6.45, 7) is 2.23. The van der Waals surface area contributed by atoms with Gasteiger partial charge in [0, 0.05) is 13.1 Å². The van der Waals surface area contributed by atoms with Crippen LogP contribution >= 0.6 is 23.0 Å². The molecule has 1 aliphatic rings. The molecule has 0 atom stereocenters. The third kappa shape index (κ3) is 1.87. The Morgan fingerprint density at radius 2 is 1.75 bits per heavy atom. The summed E-state index contributed by atoms with van der Waals surface area (Å²) in [5.74, 6) is 0. The Hall–Kier alpha value is 0.650. The van der Waals surface area contributed by atoms with E-state index in [1.807, 2.05) is 28.1 Å². The van der Waals surface area contributed by atoms with E-state index >= 15 is 0 Å². The summed E-state index contributed by atoms with van der Waals surface area (Å²) in [6.07, 6.45) is 3.96. The second-order valence-electron chi connectivity index (χ2n) is 2.06. The molecule has 0 bridgehead atoms. The highest BCUT2D eigenvalue weighted by atomic mass is 127. The van der Waals surface area contributed by atoms with Gasteiger partial charge in [-0.25, -0.2) is 3.17 Å². The molecular formula is C5H10INO. The standard InChI is InChI=1S/C5H10INO/c6-8-7-4-2-1-3-5-7/h1-5H2. The Kier molecular flexibility index (Phi) is 3.07. The van der Waals surface area contributed by atoms with Crippen LogP contribution in [0.4, 0.5) is 0 Å². The highest BCUT2D eigenvalue weighted by molar-refractivity contribution is 14.1. The van der Waals surface area contributed by atoms with Crippen molar-refractivity contribution in [2.75, 3.05) is 13.1 Å². The Bertz CT molecular complexity index is 63.4. The molecule has 3 heteroatoms. The van der Waals surface area contributed by atoms with E-state index in [1.54, 1.807) is 0 Å². The van der Waals surface area contributed by atoms with Crippen molar-refractivity contribution in [1.82, 2.24) is 5.06 Å². The molecule has 0 N–H and O–H groups in total. The van der Waals surface area contributed by atoms with Crippen LogP contribution in [-0.4, -0.2) is 18.2 Å². The lowest BCUT2D eigenvalue weighted by atomic mass is 10.2. The predicted molar refractivity (Wildman–Crippen MR) is 40.5 cm³/mol. The fraction of sp³-hybridized carbons (Fsp3) is 1.00. The van der Waals surface area contributed by atoms with Gasteiger partial charge in [0.1, 0.15) is 23.0 Å². The van der Waals surface area contributed by atoms with Gasteiger partial charge in [-0.1, -0.05) is 6.42 Å². The molecule has 48 valence electrons. The second-order valence-corrected chi connectivity index (χ2v) is 2.45. The summed E-state index contributed by atoms with van der Waals surface area (Å²) < 4.78 is 4.99. The Labute approximate surface area is 63.8 Å². The number of hydroxylamine groups is 2. The molecule has 0 aromatic rings. The average molecular weight is 227 g/mol. The van der Waals surface area contributed by atoms with E-state index in [4.69, 9.17) is 3.17 Å². The van der Waals surface area contributed by atoms with Crippen molar-refractivity contribution in [3.63, 3.8) is 0 Å². The number of halogens is 1. The fourth-order valence-electron chi connectivity index (χ4n) is 0.934. The number of nitrogens with zero attached hydrogens (tertiary/aromatic N) is 1. The topological polar surface area (TPSA) is 12.5 Å². The predicted octanol–water partition coefficient (Wildman–Crippen LogP) is 1.75. The quantitative estimate of drug-likeness (QED) is 0.633. The molecule has 0 spiro atoms. The molecule has 1 rings (SSSR count). The molecule has 0 amide bonds. The zero-order chi connectivity index (χ0) is 5.82. The van der Waals surface area contributed by atoms with Gasteiger partial charge in [-0.3, -0.25) is 0 Å². The molecule has 0 radical (unpaired) electrons. The molecule has 8 heavy (non-hydrogen) atoms. The van der Waals surface area contributed by atoms with Crippen LogP contribution in [0.1, 0.15) is 19.3 Å². The van der Waals surface area contributed by atoms with Crippen LogP contribution in [0.5, 0.6) is 0 Å². The van der Waals surface area contributed by atoms with Gasteiger partial charge in [0.05, 0.1) is 0 Å². The summed E-state index contributed by atoms with van der Waals surface area (Å²) >= 11 is 1.93. The van der Waals surface area contributed by atoms with Crippen LogP contribution in [0.25, 0.3) is 0 Å². The Balaban J connectivity index is 2.13. The molecule has 1 aliphatic heterocycles. The smallest absolute Gasteiger partial charge is 0.137 e. The molecule has 0 aromatic carbocycles. The first-order valence-electron chi connectivity index (χ1n) is 2.97. The molecular weight excluding hydrogens is 217 g/mol. The summed E-state index contributed by atoms with van der Waals surface area (Å²) in [4.78, 5) is 0. The first-order chi connectivity index (χ1) is 3.93. The average Bonchev–Trinajstić information content (AvgIpc) is 1.90. The monoisotopic (exact) mass is 227 g/mol. The van der Waals surface area contributed by atoms with Crippen molar-refractivity contribution >= 4 is 23.0 Å². The van der Waals surface area contributed by atoms with Gasteiger partial charge in [-0.15, -0.1) is 0 Å². The summed E-state index contributed by atoms with van der Waals surface area (Å²) in [5, 5.41) is 2.00. The largest absolute Gasteiger partial charge is 0.230 e. The van der Waals surface area contributed by atoms with E-state index in [-0.39, 0.29) is 0 Å². The third-order valence-electron chi connectivity index (χ3n) is 1.41. The van der Waals surface area contributed by atoms with Gasteiger partial charge in [0.25, 0.3) is 0 Å². The molecule has 2 nitrogen and oxygen atoms in total. The van der Waals surface area contributed by atoms with Gasteiger partial charge >= 0.3 is 0 Å². The minimum Gasteiger partial charge on any atom is -0.230 e. The maximum atomic E-state index is 4.99. The van der Waals surface area contributed by atoms with Crippen molar-refractivity contribution in [3.05, 3.63) is 0 Å². The number of hydrogen-bond acceptors (Lipinski definition) is 2. The van der Waals surface area contributed by atoms with Crippen LogP contribution in [-0.2, 0) is 3.17 Å². The summed E-state index contributed by atoms with van der Waals surface area (Å²) in [5.41, 5.74) is 0. The van der Waals surface area contributed by atoms with Crippen molar-refractivity contribution in [2.24, 2.45) is 0 Å². The minimum absolute atomic E-state index is 1.11. The highest BCUT2D eigenvalue weighted by Gasteiger charge is 2.07. The third-order valence-corrected chi connectivity index (χ3v) is 1.97.